The van der Waals surface area contributed by atoms with E-state index in [1.807, 2.05) is 6.07 Å². The average molecular weight is 237 g/mol. The zero-order valence-corrected chi connectivity index (χ0v) is 11.1. The third kappa shape index (κ3) is 4.52. The molecule has 0 radical (unpaired) electrons. The minimum Gasteiger partial charge on any atom is -0.467 e. The van der Waals surface area contributed by atoms with Crippen LogP contribution in [0.1, 0.15) is 44.9 Å². The molecule has 3 nitrogen and oxygen atoms in total. The molecule has 0 unspecified atom stereocenters. The molecule has 2 rings (SSSR count). The summed E-state index contributed by atoms with van der Waals surface area (Å²) in [5.41, 5.74) is 1.33. The van der Waals surface area contributed by atoms with Crippen molar-refractivity contribution in [3.8, 4) is 0 Å². The van der Waals surface area contributed by atoms with E-state index in [0.29, 0.717) is 6.61 Å². The average Bonchev–Trinajstić information content (AvgIpc) is 2.93. The highest BCUT2D eigenvalue weighted by Gasteiger charge is 2.21. The van der Waals surface area contributed by atoms with Gasteiger partial charge in [-0.15, -0.1) is 0 Å². The molecule has 0 saturated heterocycles. The molecule has 96 valence electrons. The van der Waals surface area contributed by atoms with Crippen LogP contribution in [0.15, 0.2) is 16.7 Å². The second-order valence-electron chi connectivity index (χ2n) is 5.93. The maximum atomic E-state index is 5.65. The number of rotatable bonds is 6. The summed E-state index contributed by atoms with van der Waals surface area (Å²) in [4.78, 5) is 0. The maximum Gasteiger partial charge on any atom is 0.133 e. The lowest BCUT2D eigenvalue weighted by atomic mass is 10.1. The molecule has 1 aliphatic carbocycles. The van der Waals surface area contributed by atoms with Crippen LogP contribution in [0, 0.1) is 5.92 Å². The number of nitrogens with one attached hydrogen (secondary N) is 1. The molecule has 0 aliphatic heterocycles. The molecule has 0 amide bonds. The molecule has 17 heavy (non-hydrogen) atoms. The summed E-state index contributed by atoms with van der Waals surface area (Å²) in [5.74, 6) is 1.77. The molecule has 0 bridgehead atoms. The Morgan fingerprint density at radius 3 is 2.82 bits per heavy atom. The lowest BCUT2D eigenvalue weighted by molar-refractivity contribution is 0.0963. The standard InChI is InChI=1S/C14H23NO2/c1-14(2,3)15-8-12-6-7-17-13(12)10-16-9-11-4-5-11/h6-7,11,15H,4-5,8-10H2,1-3H3. The number of ether oxygens (including phenoxy) is 1. The fourth-order valence-electron chi connectivity index (χ4n) is 1.61. The fourth-order valence-corrected chi connectivity index (χ4v) is 1.61. The highest BCUT2D eigenvalue weighted by Crippen LogP contribution is 2.29. The first-order valence-electron chi connectivity index (χ1n) is 6.42. The van der Waals surface area contributed by atoms with Crippen LogP contribution in [0.4, 0.5) is 0 Å². The van der Waals surface area contributed by atoms with E-state index in [0.717, 1.165) is 24.8 Å². The summed E-state index contributed by atoms with van der Waals surface area (Å²) in [6.45, 7) is 8.81. The molecule has 1 N–H and O–H groups in total. The molecular formula is C14H23NO2. The van der Waals surface area contributed by atoms with Crippen molar-refractivity contribution in [2.24, 2.45) is 5.92 Å². The summed E-state index contributed by atoms with van der Waals surface area (Å²) in [5, 5.41) is 3.46. The first-order chi connectivity index (χ1) is 8.04. The minimum atomic E-state index is 0.128. The lowest BCUT2D eigenvalue weighted by Crippen LogP contribution is -2.35. The molecule has 1 aromatic heterocycles. The van der Waals surface area contributed by atoms with Crippen LogP contribution in [-0.4, -0.2) is 12.1 Å². The van der Waals surface area contributed by atoms with Crippen molar-refractivity contribution in [3.05, 3.63) is 23.7 Å². The Kier molecular flexibility index (Phi) is 3.89. The second-order valence-corrected chi connectivity index (χ2v) is 5.93. The van der Waals surface area contributed by atoms with Crippen molar-refractivity contribution < 1.29 is 9.15 Å². The maximum absolute atomic E-state index is 5.65. The van der Waals surface area contributed by atoms with E-state index in [-0.39, 0.29) is 5.54 Å². The molecule has 1 fully saturated rings. The third-order valence-corrected chi connectivity index (χ3v) is 2.93. The van der Waals surface area contributed by atoms with Crippen LogP contribution in [-0.2, 0) is 17.9 Å². The molecule has 3 heteroatoms. The van der Waals surface area contributed by atoms with Crippen LogP contribution in [0.25, 0.3) is 0 Å². The van der Waals surface area contributed by atoms with Crippen molar-refractivity contribution in [3.63, 3.8) is 0 Å². The third-order valence-electron chi connectivity index (χ3n) is 2.93. The Balaban J connectivity index is 1.78. The van der Waals surface area contributed by atoms with Gasteiger partial charge in [-0.3, -0.25) is 0 Å². The van der Waals surface area contributed by atoms with E-state index in [4.69, 9.17) is 9.15 Å². The second kappa shape index (κ2) is 5.23. The van der Waals surface area contributed by atoms with E-state index >= 15 is 0 Å². The lowest BCUT2D eigenvalue weighted by Gasteiger charge is -2.20. The summed E-state index contributed by atoms with van der Waals surface area (Å²) in [6.07, 6.45) is 4.41. The van der Waals surface area contributed by atoms with Crippen molar-refractivity contribution in [1.82, 2.24) is 5.32 Å². The van der Waals surface area contributed by atoms with Gasteiger partial charge in [0, 0.05) is 24.3 Å². The van der Waals surface area contributed by atoms with Gasteiger partial charge in [-0.05, 0) is 45.6 Å². The van der Waals surface area contributed by atoms with Gasteiger partial charge in [0.05, 0.1) is 6.26 Å². The Bertz CT molecular complexity index is 347. The number of hydrogen-bond donors (Lipinski definition) is 1. The quantitative estimate of drug-likeness (QED) is 0.825. The Hall–Kier alpha value is -0.800. The van der Waals surface area contributed by atoms with Gasteiger partial charge in [-0.2, -0.15) is 0 Å². The first-order valence-corrected chi connectivity index (χ1v) is 6.42. The molecule has 0 aromatic carbocycles. The predicted octanol–water partition coefficient (Wildman–Crippen LogP) is 3.09. The van der Waals surface area contributed by atoms with E-state index < -0.39 is 0 Å². The zero-order chi connectivity index (χ0) is 12.3. The zero-order valence-electron chi connectivity index (χ0n) is 11.1. The van der Waals surface area contributed by atoms with Crippen LogP contribution in [0.3, 0.4) is 0 Å². The highest BCUT2D eigenvalue weighted by molar-refractivity contribution is 5.16. The Labute approximate surface area is 104 Å². The molecule has 0 atom stereocenters. The van der Waals surface area contributed by atoms with E-state index in [1.165, 1.54) is 18.4 Å². The number of hydrogen-bond acceptors (Lipinski definition) is 3. The predicted molar refractivity (Wildman–Crippen MR) is 67.7 cm³/mol. The minimum absolute atomic E-state index is 0.128. The van der Waals surface area contributed by atoms with Gasteiger partial charge in [0.25, 0.3) is 0 Å². The van der Waals surface area contributed by atoms with Gasteiger partial charge < -0.3 is 14.5 Å². The van der Waals surface area contributed by atoms with Gasteiger partial charge in [-0.1, -0.05) is 0 Å². The van der Waals surface area contributed by atoms with Gasteiger partial charge in [0.2, 0.25) is 0 Å². The van der Waals surface area contributed by atoms with Crippen LogP contribution in [0.2, 0.25) is 0 Å². The highest BCUT2D eigenvalue weighted by atomic mass is 16.5. The number of furan rings is 1. The smallest absolute Gasteiger partial charge is 0.133 e. The molecule has 1 aromatic rings. The van der Waals surface area contributed by atoms with E-state index in [9.17, 15) is 0 Å². The molecule has 1 aliphatic rings. The largest absolute Gasteiger partial charge is 0.467 e. The monoisotopic (exact) mass is 237 g/mol. The summed E-state index contributed by atoms with van der Waals surface area (Å²) in [7, 11) is 0. The van der Waals surface area contributed by atoms with Crippen molar-refractivity contribution in [2.45, 2.75) is 52.3 Å². The summed E-state index contributed by atoms with van der Waals surface area (Å²) in [6, 6.07) is 2.02. The van der Waals surface area contributed by atoms with Crippen LogP contribution in [0.5, 0.6) is 0 Å². The van der Waals surface area contributed by atoms with E-state index in [1.54, 1.807) is 6.26 Å². The fraction of sp³-hybridized carbons (Fsp3) is 0.714. The van der Waals surface area contributed by atoms with Crippen molar-refractivity contribution >= 4 is 0 Å². The topological polar surface area (TPSA) is 34.4 Å². The molecular weight excluding hydrogens is 214 g/mol. The Morgan fingerprint density at radius 2 is 2.18 bits per heavy atom. The van der Waals surface area contributed by atoms with Crippen LogP contribution >= 0.6 is 0 Å². The first kappa shape index (κ1) is 12.7. The van der Waals surface area contributed by atoms with Gasteiger partial charge in [0.15, 0.2) is 0 Å². The van der Waals surface area contributed by atoms with Crippen LogP contribution < -0.4 is 5.32 Å². The van der Waals surface area contributed by atoms with Crippen molar-refractivity contribution in [1.29, 1.82) is 0 Å². The Morgan fingerprint density at radius 1 is 1.41 bits per heavy atom. The van der Waals surface area contributed by atoms with Gasteiger partial charge in [-0.25, -0.2) is 0 Å². The molecule has 1 saturated carbocycles. The van der Waals surface area contributed by atoms with Crippen molar-refractivity contribution in [2.75, 3.05) is 6.61 Å². The molecule has 1 heterocycles. The van der Waals surface area contributed by atoms with E-state index in [2.05, 4.69) is 26.1 Å². The summed E-state index contributed by atoms with van der Waals surface area (Å²) < 4.78 is 11.1. The summed E-state index contributed by atoms with van der Waals surface area (Å²) >= 11 is 0. The van der Waals surface area contributed by atoms with Gasteiger partial charge in [0.1, 0.15) is 12.4 Å². The normalized spacial score (nSPS) is 16.4. The molecule has 0 spiro atoms. The van der Waals surface area contributed by atoms with Gasteiger partial charge >= 0.3 is 0 Å². The SMILES string of the molecule is CC(C)(C)NCc1ccoc1COCC1CC1.